The highest BCUT2D eigenvalue weighted by Gasteiger charge is 2.19. The Hall–Kier alpha value is -0.580. The Balaban J connectivity index is 1.73. The minimum atomic E-state index is 0.714. The van der Waals surface area contributed by atoms with Gasteiger partial charge in [-0.15, -0.1) is 11.3 Å². The molecule has 0 amide bonds. The molecule has 3 nitrogen and oxygen atoms in total. The molecule has 2 heterocycles. The number of rotatable bonds is 4. The van der Waals surface area contributed by atoms with Crippen molar-refractivity contribution in [1.82, 2.24) is 10.2 Å². The molecule has 0 spiro atoms. The van der Waals surface area contributed by atoms with E-state index in [4.69, 9.17) is 5.73 Å². The molecule has 1 saturated heterocycles. The maximum atomic E-state index is 5.82. The Morgan fingerprint density at radius 3 is 3.13 bits per heavy atom. The Morgan fingerprint density at radius 1 is 1.67 bits per heavy atom. The molecule has 1 aromatic heterocycles. The van der Waals surface area contributed by atoms with Crippen molar-refractivity contribution >= 4 is 17.0 Å². The van der Waals surface area contributed by atoms with Crippen LogP contribution in [0.3, 0.4) is 0 Å². The molecule has 1 aliphatic rings. The molecule has 15 heavy (non-hydrogen) atoms. The summed E-state index contributed by atoms with van der Waals surface area (Å²) in [6.45, 7) is 3.23. The van der Waals surface area contributed by atoms with Crippen LogP contribution < -0.4 is 11.1 Å². The van der Waals surface area contributed by atoms with Gasteiger partial charge in [0.2, 0.25) is 0 Å². The fourth-order valence-electron chi connectivity index (χ4n) is 2.08. The first-order chi connectivity index (χ1) is 7.27. The van der Waals surface area contributed by atoms with Crippen LogP contribution in [0.25, 0.3) is 0 Å². The molecule has 1 aliphatic heterocycles. The van der Waals surface area contributed by atoms with E-state index in [-0.39, 0.29) is 0 Å². The monoisotopic (exact) mass is 225 g/mol. The maximum Gasteiger partial charge on any atom is 0.0468 e. The largest absolute Gasteiger partial charge is 0.398 e. The van der Waals surface area contributed by atoms with Crippen LogP contribution in [-0.4, -0.2) is 31.1 Å². The van der Waals surface area contributed by atoms with Gasteiger partial charge in [0, 0.05) is 29.7 Å². The molecular weight excluding hydrogens is 206 g/mol. The molecule has 4 heteroatoms. The molecule has 3 N–H and O–H groups in total. The summed E-state index contributed by atoms with van der Waals surface area (Å²) in [5.41, 5.74) is 6.75. The van der Waals surface area contributed by atoms with E-state index >= 15 is 0 Å². The summed E-state index contributed by atoms with van der Waals surface area (Å²) in [4.78, 5) is 3.70. The van der Waals surface area contributed by atoms with Gasteiger partial charge in [0.05, 0.1) is 0 Å². The topological polar surface area (TPSA) is 41.3 Å². The highest BCUT2D eigenvalue weighted by molar-refractivity contribution is 7.10. The van der Waals surface area contributed by atoms with E-state index in [0.29, 0.717) is 6.04 Å². The molecule has 1 atom stereocenters. The summed E-state index contributed by atoms with van der Waals surface area (Å²) in [7, 11) is 2.21. The third kappa shape index (κ3) is 2.71. The van der Waals surface area contributed by atoms with Crippen molar-refractivity contribution in [3.63, 3.8) is 0 Å². The Kier molecular flexibility index (Phi) is 3.61. The predicted molar refractivity (Wildman–Crippen MR) is 66.1 cm³/mol. The predicted octanol–water partition coefficient (Wildman–Crippen LogP) is 1.51. The maximum absolute atomic E-state index is 5.82. The van der Waals surface area contributed by atoms with Gasteiger partial charge in [-0.3, -0.25) is 0 Å². The highest BCUT2D eigenvalue weighted by atomic mass is 32.1. The van der Waals surface area contributed by atoms with Gasteiger partial charge in [-0.25, -0.2) is 0 Å². The lowest BCUT2D eigenvalue weighted by Gasteiger charge is -2.19. The average molecular weight is 225 g/mol. The van der Waals surface area contributed by atoms with Crippen LogP contribution >= 0.6 is 11.3 Å². The van der Waals surface area contributed by atoms with Crippen LogP contribution in [0.2, 0.25) is 0 Å². The zero-order valence-corrected chi connectivity index (χ0v) is 10.0. The molecule has 1 unspecified atom stereocenters. The summed E-state index contributed by atoms with van der Waals surface area (Å²) in [5, 5.41) is 5.54. The van der Waals surface area contributed by atoms with Gasteiger partial charge < -0.3 is 16.0 Å². The van der Waals surface area contributed by atoms with Gasteiger partial charge >= 0.3 is 0 Å². The number of nitrogens with one attached hydrogen (secondary N) is 1. The van der Waals surface area contributed by atoms with Crippen LogP contribution in [0.15, 0.2) is 11.4 Å². The molecule has 0 radical (unpaired) electrons. The molecule has 1 fully saturated rings. The van der Waals surface area contributed by atoms with Crippen molar-refractivity contribution in [3.8, 4) is 0 Å². The molecule has 84 valence electrons. The number of hydrogen-bond acceptors (Lipinski definition) is 4. The summed E-state index contributed by atoms with van der Waals surface area (Å²) in [6, 6.07) is 2.69. The number of likely N-dealkylation sites (N-methyl/N-ethyl adjacent to an activating group) is 1. The van der Waals surface area contributed by atoms with E-state index in [2.05, 4.69) is 17.3 Å². The third-order valence-corrected chi connectivity index (χ3v) is 4.05. The molecule has 0 aromatic carbocycles. The van der Waals surface area contributed by atoms with Crippen LogP contribution in [0, 0.1) is 0 Å². The molecule has 0 saturated carbocycles. The minimum Gasteiger partial charge on any atom is -0.398 e. The summed E-state index contributed by atoms with van der Waals surface area (Å²) < 4.78 is 0. The quantitative estimate of drug-likeness (QED) is 0.816. The fraction of sp³-hybridized carbons (Fsp3) is 0.636. The lowest BCUT2D eigenvalue weighted by Crippen LogP contribution is -2.35. The van der Waals surface area contributed by atoms with Crippen molar-refractivity contribution in [2.45, 2.75) is 25.4 Å². The number of thiophene rings is 1. The molecule has 2 rings (SSSR count). The number of nitrogens with two attached hydrogens (primary N) is 1. The van der Waals surface area contributed by atoms with Crippen molar-refractivity contribution in [3.05, 3.63) is 16.3 Å². The zero-order chi connectivity index (χ0) is 10.7. The van der Waals surface area contributed by atoms with E-state index in [0.717, 1.165) is 18.8 Å². The number of nitrogens with zero attached hydrogens (tertiary/aromatic N) is 1. The second-order valence-electron chi connectivity index (χ2n) is 4.21. The van der Waals surface area contributed by atoms with Gasteiger partial charge in [0.25, 0.3) is 0 Å². The fourth-order valence-corrected chi connectivity index (χ4v) is 2.85. The van der Waals surface area contributed by atoms with Crippen molar-refractivity contribution in [2.75, 3.05) is 25.9 Å². The van der Waals surface area contributed by atoms with E-state index in [1.807, 2.05) is 11.4 Å². The van der Waals surface area contributed by atoms with Crippen molar-refractivity contribution in [1.29, 1.82) is 0 Å². The van der Waals surface area contributed by atoms with Crippen LogP contribution in [0.4, 0.5) is 5.69 Å². The van der Waals surface area contributed by atoms with E-state index in [1.165, 1.54) is 24.3 Å². The molecule has 0 bridgehead atoms. The van der Waals surface area contributed by atoms with Crippen LogP contribution in [0.1, 0.15) is 17.7 Å². The van der Waals surface area contributed by atoms with Crippen molar-refractivity contribution < 1.29 is 0 Å². The Morgan fingerprint density at radius 2 is 2.53 bits per heavy atom. The smallest absolute Gasteiger partial charge is 0.0468 e. The lowest BCUT2D eigenvalue weighted by atomic mass is 10.2. The molecular formula is C11H19N3S. The number of nitrogen functional groups attached to an aromatic ring is 1. The van der Waals surface area contributed by atoms with E-state index in [9.17, 15) is 0 Å². The van der Waals surface area contributed by atoms with Gasteiger partial charge in [0.15, 0.2) is 0 Å². The van der Waals surface area contributed by atoms with Crippen molar-refractivity contribution in [2.24, 2.45) is 0 Å². The Labute approximate surface area is 95.3 Å². The second kappa shape index (κ2) is 4.96. The zero-order valence-electron chi connectivity index (χ0n) is 9.20. The first-order valence-corrected chi connectivity index (χ1v) is 6.38. The van der Waals surface area contributed by atoms with E-state index in [1.54, 1.807) is 11.3 Å². The first kappa shape index (κ1) is 10.9. The molecule has 1 aromatic rings. The summed E-state index contributed by atoms with van der Waals surface area (Å²) >= 11 is 1.73. The van der Waals surface area contributed by atoms with Gasteiger partial charge in [0.1, 0.15) is 0 Å². The summed E-state index contributed by atoms with van der Waals surface area (Å²) in [5.74, 6) is 0. The first-order valence-electron chi connectivity index (χ1n) is 5.50. The van der Waals surface area contributed by atoms with Gasteiger partial charge in [-0.1, -0.05) is 0 Å². The average Bonchev–Trinajstić information content (AvgIpc) is 2.78. The van der Waals surface area contributed by atoms with Gasteiger partial charge in [-0.05, 0) is 37.9 Å². The number of hydrogen-bond donors (Lipinski definition) is 2. The summed E-state index contributed by atoms with van der Waals surface area (Å²) in [6.07, 6.45) is 2.66. The minimum absolute atomic E-state index is 0.714. The number of likely N-dealkylation sites (tertiary alicyclic amines) is 1. The van der Waals surface area contributed by atoms with Gasteiger partial charge in [-0.2, -0.15) is 0 Å². The number of anilines is 1. The van der Waals surface area contributed by atoms with Crippen LogP contribution in [-0.2, 0) is 6.54 Å². The van der Waals surface area contributed by atoms with Crippen LogP contribution in [0.5, 0.6) is 0 Å². The Bertz CT molecular complexity index is 311. The molecule has 0 aliphatic carbocycles. The normalized spacial score (nSPS) is 22.3. The SMILES string of the molecule is CN1CCCC1CNCc1sccc1N. The highest BCUT2D eigenvalue weighted by Crippen LogP contribution is 2.18. The third-order valence-electron chi connectivity index (χ3n) is 3.12. The second-order valence-corrected chi connectivity index (χ2v) is 5.21. The standard InChI is InChI=1S/C11H19N3S/c1-14-5-2-3-9(14)7-13-8-11-10(12)4-6-15-11/h4,6,9,13H,2-3,5,7-8,12H2,1H3. The van der Waals surface area contributed by atoms with E-state index < -0.39 is 0 Å². The lowest BCUT2D eigenvalue weighted by molar-refractivity contribution is 0.300.